The Balaban J connectivity index is 1.34. The molecule has 2 aromatic rings. The van der Waals surface area contributed by atoms with E-state index in [-0.39, 0.29) is 11.8 Å². The SMILES string of the molecule is COc1ccc(NC(=O)C(CCC2CC2)NC(=O)c2ccc(CN3CCN(C)CC3)cc2)cn1. The first kappa shape index (κ1) is 24.2. The third-order valence-corrected chi connectivity index (χ3v) is 6.61. The summed E-state index contributed by atoms with van der Waals surface area (Å²) in [6.45, 7) is 5.16. The van der Waals surface area contributed by atoms with E-state index in [4.69, 9.17) is 4.74 Å². The van der Waals surface area contributed by atoms with Crippen LogP contribution in [0.3, 0.4) is 0 Å². The second-order valence-corrected chi connectivity index (χ2v) is 9.40. The lowest BCUT2D eigenvalue weighted by Crippen LogP contribution is -2.44. The molecule has 1 saturated carbocycles. The van der Waals surface area contributed by atoms with Gasteiger partial charge in [0.05, 0.1) is 19.0 Å². The van der Waals surface area contributed by atoms with Crippen LogP contribution in [-0.4, -0.2) is 73.0 Å². The van der Waals surface area contributed by atoms with E-state index >= 15 is 0 Å². The molecule has 1 atom stereocenters. The summed E-state index contributed by atoms with van der Waals surface area (Å²) in [5.41, 5.74) is 2.33. The number of carbonyl (C=O) groups excluding carboxylic acids is 2. The van der Waals surface area contributed by atoms with Crippen LogP contribution in [0.25, 0.3) is 0 Å². The molecule has 2 aliphatic rings. The summed E-state index contributed by atoms with van der Waals surface area (Å²) in [5, 5.41) is 5.82. The molecule has 2 amide bonds. The van der Waals surface area contributed by atoms with Gasteiger partial charge in [0.15, 0.2) is 0 Å². The van der Waals surface area contributed by atoms with Crippen LogP contribution in [0.5, 0.6) is 5.88 Å². The van der Waals surface area contributed by atoms with Crippen molar-refractivity contribution < 1.29 is 14.3 Å². The number of anilines is 1. The van der Waals surface area contributed by atoms with Crippen molar-refractivity contribution in [1.29, 1.82) is 0 Å². The predicted molar refractivity (Wildman–Crippen MR) is 132 cm³/mol. The van der Waals surface area contributed by atoms with E-state index in [9.17, 15) is 9.59 Å². The number of amides is 2. The summed E-state index contributed by atoms with van der Waals surface area (Å²) >= 11 is 0. The van der Waals surface area contributed by atoms with Gasteiger partial charge in [-0.2, -0.15) is 0 Å². The number of carbonyl (C=O) groups is 2. The van der Waals surface area contributed by atoms with Gasteiger partial charge in [-0.3, -0.25) is 14.5 Å². The van der Waals surface area contributed by atoms with Gasteiger partial charge in [0.1, 0.15) is 6.04 Å². The molecule has 182 valence electrons. The smallest absolute Gasteiger partial charge is 0.251 e. The van der Waals surface area contributed by atoms with Gasteiger partial charge in [-0.1, -0.05) is 25.0 Å². The molecule has 1 aliphatic carbocycles. The topological polar surface area (TPSA) is 86.8 Å². The number of methoxy groups -OCH3 is 1. The van der Waals surface area contributed by atoms with Crippen LogP contribution in [0.1, 0.15) is 41.6 Å². The second kappa shape index (κ2) is 11.4. The lowest BCUT2D eigenvalue weighted by Gasteiger charge is -2.32. The normalized spacial score (nSPS) is 17.7. The predicted octanol–water partition coefficient (Wildman–Crippen LogP) is 2.76. The molecule has 8 nitrogen and oxygen atoms in total. The maximum Gasteiger partial charge on any atom is 0.251 e. The zero-order valence-corrected chi connectivity index (χ0v) is 20.1. The summed E-state index contributed by atoms with van der Waals surface area (Å²) in [4.78, 5) is 34.8. The van der Waals surface area contributed by atoms with Gasteiger partial charge in [-0.05, 0) is 49.6 Å². The second-order valence-electron chi connectivity index (χ2n) is 9.40. The van der Waals surface area contributed by atoms with Gasteiger partial charge < -0.3 is 20.3 Å². The van der Waals surface area contributed by atoms with Gasteiger partial charge in [0.2, 0.25) is 11.8 Å². The number of benzene rings is 1. The number of hydrogen-bond acceptors (Lipinski definition) is 6. The Hall–Kier alpha value is -2.97. The molecule has 1 aliphatic heterocycles. The van der Waals surface area contributed by atoms with Crippen molar-refractivity contribution in [1.82, 2.24) is 20.1 Å². The maximum absolute atomic E-state index is 13.0. The Morgan fingerprint density at radius 2 is 1.82 bits per heavy atom. The standard InChI is InChI=1S/C26H35N5O3/c1-30-13-15-31(16-14-30)18-20-5-8-21(9-6-20)25(32)29-23(11-7-19-3-4-19)26(33)28-22-10-12-24(34-2)27-17-22/h5-6,8-10,12,17,19,23H,3-4,7,11,13-16,18H2,1-2H3,(H,28,33)(H,29,32). The largest absolute Gasteiger partial charge is 0.481 e. The molecule has 1 unspecified atom stereocenters. The van der Waals surface area contributed by atoms with Crippen molar-refractivity contribution in [3.8, 4) is 5.88 Å². The minimum Gasteiger partial charge on any atom is -0.481 e. The van der Waals surface area contributed by atoms with Crippen molar-refractivity contribution in [2.45, 2.75) is 38.3 Å². The quantitative estimate of drug-likeness (QED) is 0.561. The minimum atomic E-state index is -0.597. The molecule has 2 N–H and O–H groups in total. The molecule has 0 spiro atoms. The fourth-order valence-electron chi connectivity index (χ4n) is 4.15. The van der Waals surface area contributed by atoms with Gasteiger partial charge in [0.25, 0.3) is 5.91 Å². The van der Waals surface area contributed by atoms with Crippen molar-refractivity contribution in [3.05, 3.63) is 53.7 Å². The number of nitrogens with zero attached hydrogens (tertiary/aromatic N) is 3. The van der Waals surface area contributed by atoms with Crippen LogP contribution in [0.15, 0.2) is 42.6 Å². The van der Waals surface area contributed by atoms with E-state index in [1.54, 1.807) is 25.4 Å². The molecular weight excluding hydrogens is 430 g/mol. The molecule has 34 heavy (non-hydrogen) atoms. The number of nitrogens with one attached hydrogen (secondary N) is 2. The van der Waals surface area contributed by atoms with Crippen molar-refractivity contribution in [2.75, 3.05) is 45.7 Å². The highest BCUT2D eigenvalue weighted by molar-refractivity contribution is 6.01. The van der Waals surface area contributed by atoms with Crippen LogP contribution < -0.4 is 15.4 Å². The number of hydrogen-bond donors (Lipinski definition) is 2. The third-order valence-electron chi connectivity index (χ3n) is 6.61. The van der Waals surface area contributed by atoms with Gasteiger partial charge in [-0.25, -0.2) is 4.98 Å². The minimum absolute atomic E-state index is 0.227. The lowest BCUT2D eigenvalue weighted by atomic mass is 10.1. The van der Waals surface area contributed by atoms with Crippen LogP contribution >= 0.6 is 0 Å². The summed E-state index contributed by atoms with van der Waals surface area (Å²) in [7, 11) is 3.69. The Kier molecular flexibility index (Phi) is 8.13. The van der Waals surface area contributed by atoms with Gasteiger partial charge in [-0.15, -0.1) is 0 Å². The highest BCUT2D eigenvalue weighted by atomic mass is 16.5. The first-order valence-corrected chi connectivity index (χ1v) is 12.1. The van der Waals surface area contributed by atoms with E-state index in [0.29, 0.717) is 29.5 Å². The summed E-state index contributed by atoms with van der Waals surface area (Å²) < 4.78 is 5.06. The number of rotatable bonds is 10. The Labute approximate surface area is 201 Å². The average molecular weight is 466 g/mol. The van der Waals surface area contributed by atoms with Crippen molar-refractivity contribution in [3.63, 3.8) is 0 Å². The van der Waals surface area contributed by atoms with Crippen LogP contribution in [0.2, 0.25) is 0 Å². The number of pyridine rings is 1. The molecule has 2 heterocycles. The number of ether oxygens (including phenoxy) is 1. The Morgan fingerprint density at radius 3 is 2.44 bits per heavy atom. The van der Waals surface area contributed by atoms with Crippen molar-refractivity contribution in [2.24, 2.45) is 5.92 Å². The zero-order chi connectivity index (χ0) is 23.9. The molecule has 2 fully saturated rings. The van der Waals surface area contributed by atoms with Crippen LogP contribution in [0.4, 0.5) is 5.69 Å². The number of aromatic nitrogens is 1. The highest BCUT2D eigenvalue weighted by Crippen LogP contribution is 2.34. The summed E-state index contributed by atoms with van der Waals surface area (Å²) in [6, 6.07) is 10.6. The summed E-state index contributed by atoms with van der Waals surface area (Å²) in [6.07, 6.45) is 5.52. The fraction of sp³-hybridized carbons (Fsp3) is 0.500. The van der Waals surface area contributed by atoms with Crippen LogP contribution in [-0.2, 0) is 11.3 Å². The van der Waals surface area contributed by atoms with Gasteiger partial charge in [0, 0.05) is 44.4 Å². The van der Waals surface area contributed by atoms with Crippen LogP contribution in [0, 0.1) is 5.92 Å². The summed E-state index contributed by atoms with van der Waals surface area (Å²) in [5.74, 6) is 0.693. The molecule has 4 rings (SSSR count). The molecular formula is C26H35N5O3. The number of likely N-dealkylation sites (N-methyl/N-ethyl adjacent to an activating group) is 1. The molecule has 0 radical (unpaired) electrons. The van der Waals surface area contributed by atoms with E-state index in [1.807, 2.05) is 24.3 Å². The highest BCUT2D eigenvalue weighted by Gasteiger charge is 2.27. The lowest BCUT2D eigenvalue weighted by molar-refractivity contribution is -0.118. The third kappa shape index (κ3) is 7.01. The zero-order valence-electron chi connectivity index (χ0n) is 20.1. The average Bonchev–Trinajstić information content (AvgIpc) is 3.68. The fourth-order valence-corrected chi connectivity index (χ4v) is 4.15. The van der Waals surface area contributed by atoms with Crippen molar-refractivity contribution >= 4 is 17.5 Å². The Morgan fingerprint density at radius 1 is 1.09 bits per heavy atom. The first-order chi connectivity index (χ1) is 16.5. The molecule has 8 heteroatoms. The van der Waals surface area contributed by atoms with E-state index in [0.717, 1.165) is 39.1 Å². The van der Waals surface area contributed by atoms with E-state index in [1.165, 1.54) is 18.4 Å². The monoisotopic (exact) mass is 465 g/mol. The Bertz CT molecular complexity index is 951. The molecule has 1 saturated heterocycles. The van der Waals surface area contributed by atoms with E-state index in [2.05, 4.69) is 32.5 Å². The number of piperazine rings is 1. The molecule has 0 bridgehead atoms. The van der Waals surface area contributed by atoms with Gasteiger partial charge >= 0.3 is 0 Å². The molecule has 1 aromatic heterocycles. The van der Waals surface area contributed by atoms with E-state index < -0.39 is 6.04 Å². The first-order valence-electron chi connectivity index (χ1n) is 12.1. The molecule has 1 aromatic carbocycles. The maximum atomic E-state index is 13.0.